The molecule has 0 aliphatic carbocycles. The fourth-order valence-electron chi connectivity index (χ4n) is 3.25. The first-order valence-corrected chi connectivity index (χ1v) is 10.9. The Kier molecular flexibility index (Phi) is 6.70. The number of alkyl halides is 3. The molecular weight excluding hydrogens is 505 g/mol. The van der Waals surface area contributed by atoms with Gasteiger partial charge in [-0.15, -0.1) is 24.5 Å². The highest BCUT2D eigenvalue weighted by molar-refractivity contribution is 7.20. The standard InChI is InChI=1S/C22H17F3N4O6S/c1-33-14-7-8-16(28-19(14)34-2)29-20(31)17-13(27-21(29)32)9-15(36-17)18(30)26-10-11-3-5-12(6-4-11)35-22(23,24)25/h3-9H,10H2,1-2H3,(H,26,30)(H,27,32). The quantitative estimate of drug-likeness (QED) is 0.382. The molecule has 3 heterocycles. The van der Waals surface area contributed by atoms with Crippen molar-refractivity contribution in [1.82, 2.24) is 19.9 Å². The van der Waals surface area contributed by atoms with Gasteiger partial charge in [-0.3, -0.25) is 9.59 Å². The van der Waals surface area contributed by atoms with E-state index in [-0.39, 0.29) is 39.1 Å². The Bertz CT molecular complexity index is 1540. The zero-order chi connectivity index (χ0) is 26.0. The monoisotopic (exact) mass is 522 g/mol. The maximum atomic E-state index is 13.1. The highest BCUT2D eigenvalue weighted by Gasteiger charge is 2.31. The topological polar surface area (TPSA) is 125 Å². The van der Waals surface area contributed by atoms with Crippen molar-refractivity contribution in [1.29, 1.82) is 0 Å². The normalized spacial score (nSPS) is 11.4. The number of methoxy groups -OCH3 is 2. The molecule has 0 saturated carbocycles. The molecule has 0 fully saturated rings. The largest absolute Gasteiger partial charge is 0.573 e. The first-order valence-electron chi connectivity index (χ1n) is 10.1. The Balaban J connectivity index is 1.56. The lowest BCUT2D eigenvalue weighted by atomic mass is 10.2. The summed E-state index contributed by atoms with van der Waals surface area (Å²) in [7, 11) is 2.78. The Hall–Kier alpha value is -4.33. The molecule has 4 rings (SSSR count). The number of benzene rings is 1. The number of halogens is 3. The van der Waals surface area contributed by atoms with Crippen LogP contribution >= 0.6 is 11.3 Å². The predicted octanol–water partition coefficient (Wildman–Crippen LogP) is 2.98. The number of hydrogen-bond donors (Lipinski definition) is 2. The van der Waals surface area contributed by atoms with Gasteiger partial charge in [0.25, 0.3) is 17.3 Å². The lowest BCUT2D eigenvalue weighted by molar-refractivity contribution is -0.274. The number of pyridine rings is 1. The third-order valence-electron chi connectivity index (χ3n) is 4.86. The summed E-state index contributed by atoms with van der Waals surface area (Å²) in [6.07, 6.45) is -4.80. The minimum absolute atomic E-state index is 0.00171. The minimum Gasteiger partial charge on any atom is -0.491 e. The van der Waals surface area contributed by atoms with Gasteiger partial charge < -0.3 is 24.5 Å². The Labute approximate surface area is 203 Å². The molecule has 0 atom stereocenters. The predicted molar refractivity (Wildman–Crippen MR) is 123 cm³/mol. The summed E-state index contributed by atoms with van der Waals surface area (Å²) in [5.41, 5.74) is -0.754. The second kappa shape index (κ2) is 9.73. The Morgan fingerprint density at radius 3 is 2.47 bits per heavy atom. The molecule has 0 aliphatic heterocycles. The summed E-state index contributed by atoms with van der Waals surface area (Å²) in [4.78, 5) is 45.2. The molecule has 0 aliphatic rings. The van der Waals surface area contributed by atoms with Crippen molar-refractivity contribution in [2.75, 3.05) is 14.2 Å². The van der Waals surface area contributed by atoms with E-state index >= 15 is 0 Å². The molecule has 0 unspecified atom stereocenters. The van der Waals surface area contributed by atoms with Crippen LogP contribution in [0, 0.1) is 0 Å². The molecule has 10 nitrogen and oxygen atoms in total. The number of aromatic amines is 1. The number of nitrogens with one attached hydrogen (secondary N) is 2. The summed E-state index contributed by atoms with van der Waals surface area (Å²) in [6, 6.07) is 9.28. The number of carbonyl (C=O) groups is 1. The van der Waals surface area contributed by atoms with Gasteiger partial charge in [-0.1, -0.05) is 12.1 Å². The van der Waals surface area contributed by atoms with Gasteiger partial charge in [-0.05, 0) is 35.9 Å². The van der Waals surface area contributed by atoms with Gasteiger partial charge in [0.2, 0.25) is 0 Å². The van der Waals surface area contributed by atoms with Crippen LogP contribution in [0.2, 0.25) is 0 Å². The van der Waals surface area contributed by atoms with Gasteiger partial charge in [0.15, 0.2) is 5.75 Å². The summed E-state index contributed by atoms with van der Waals surface area (Å²) < 4.78 is 51.8. The van der Waals surface area contributed by atoms with Crippen LogP contribution in [-0.2, 0) is 6.54 Å². The number of thiophene rings is 1. The van der Waals surface area contributed by atoms with Crippen molar-refractivity contribution in [2.45, 2.75) is 12.9 Å². The highest BCUT2D eigenvalue weighted by atomic mass is 32.1. The van der Waals surface area contributed by atoms with Crippen LogP contribution in [0.1, 0.15) is 15.2 Å². The maximum absolute atomic E-state index is 13.1. The van der Waals surface area contributed by atoms with E-state index in [9.17, 15) is 27.6 Å². The second-order valence-corrected chi connectivity index (χ2v) is 8.23. The van der Waals surface area contributed by atoms with E-state index < -0.39 is 23.5 Å². The van der Waals surface area contributed by atoms with Crippen LogP contribution in [0.5, 0.6) is 17.4 Å². The second-order valence-electron chi connectivity index (χ2n) is 7.18. The lowest BCUT2D eigenvalue weighted by Crippen LogP contribution is -2.33. The zero-order valence-corrected chi connectivity index (χ0v) is 19.5. The number of fused-ring (bicyclic) bond motifs is 1. The van der Waals surface area contributed by atoms with Crippen molar-refractivity contribution >= 4 is 27.5 Å². The van der Waals surface area contributed by atoms with E-state index in [1.54, 1.807) is 0 Å². The number of rotatable bonds is 7. The van der Waals surface area contributed by atoms with Crippen molar-refractivity contribution in [2.24, 2.45) is 0 Å². The van der Waals surface area contributed by atoms with Crippen LogP contribution in [0.15, 0.2) is 52.1 Å². The average molecular weight is 522 g/mol. The van der Waals surface area contributed by atoms with Crippen LogP contribution in [0.4, 0.5) is 13.2 Å². The van der Waals surface area contributed by atoms with Crippen LogP contribution in [0.25, 0.3) is 16.0 Å². The fourth-order valence-corrected chi connectivity index (χ4v) is 4.21. The summed E-state index contributed by atoms with van der Waals surface area (Å²) in [5, 5.41) is 2.62. The summed E-state index contributed by atoms with van der Waals surface area (Å²) in [5.74, 6) is -0.539. The number of aromatic nitrogens is 3. The Morgan fingerprint density at radius 1 is 1.11 bits per heavy atom. The smallest absolute Gasteiger partial charge is 0.491 e. The van der Waals surface area contributed by atoms with Gasteiger partial charge in [0, 0.05) is 6.54 Å². The molecule has 36 heavy (non-hydrogen) atoms. The number of ether oxygens (including phenoxy) is 3. The number of hydrogen-bond acceptors (Lipinski definition) is 8. The Morgan fingerprint density at radius 2 is 1.83 bits per heavy atom. The SMILES string of the molecule is COc1ccc(-n2c(=O)[nH]c3cc(C(=O)NCc4ccc(OC(F)(F)F)cc4)sc3c2=O)nc1OC. The first kappa shape index (κ1) is 24.8. The molecular formula is C22H17F3N4O6S. The van der Waals surface area contributed by atoms with Gasteiger partial charge in [-0.25, -0.2) is 9.36 Å². The molecule has 0 radical (unpaired) electrons. The van der Waals surface area contributed by atoms with E-state index in [2.05, 4.69) is 20.0 Å². The fraction of sp³-hybridized carbons (Fsp3) is 0.182. The van der Waals surface area contributed by atoms with Crippen molar-refractivity contribution in [3.8, 4) is 23.2 Å². The third kappa shape index (κ3) is 5.17. The highest BCUT2D eigenvalue weighted by Crippen LogP contribution is 2.26. The van der Waals surface area contributed by atoms with E-state index in [0.717, 1.165) is 28.0 Å². The number of H-pyrrole nitrogens is 1. The maximum Gasteiger partial charge on any atom is 0.573 e. The molecule has 4 aromatic rings. The molecule has 0 bridgehead atoms. The van der Waals surface area contributed by atoms with E-state index in [4.69, 9.17) is 9.47 Å². The summed E-state index contributed by atoms with van der Waals surface area (Å²) >= 11 is 0.867. The van der Waals surface area contributed by atoms with Crippen molar-refractivity contribution in [3.63, 3.8) is 0 Å². The molecule has 0 spiro atoms. The molecule has 2 N–H and O–H groups in total. The van der Waals surface area contributed by atoms with E-state index in [1.165, 1.54) is 44.6 Å². The van der Waals surface area contributed by atoms with E-state index in [0.29, 0.717) is 11.3 Å². The number of nitrogens with zero attached hydrogens (tertiary/aromatic N) is 2. The van der Waals surface area contributed by atoms with Crippen LogP contribution in [0.3, 0.4) is 0 Å². The number of amides is 1. The third-order valence-corrected chi connectivity index (χ3v) is 5.98. The van der Waals surface area contributed by atoms with Gasteiger partial charge >= 0.3 is 12.1 Å². The lowest BCUT2D eigenvalue weighted by Gasteiger charge is -2.09. The van der Waals surface area contributed by atoms with Crippen LogP contribution in [-0.4, -0.2) is 41.0 Å². The number of carbonyl (C=O) groups excluding carboxylic acids is 1. The van der Waals surface area contributed by atoms with Gasteiger partial charge in [0.05, 0.1) is 24.6 Å². The summed E-state index contributed by atoms with van der Waals surface area (Å²) in [6.45, 7) is 0.00961. The van der Waals surface area contributed by atoms with Crippen LogP contribution < -0.4 is 30.8 Å². The molecule has 14 heteroatoms. The van der Waals surface area contributed by atoms with Gasteiger partial charge in [-0.2, -0.15) is 4.98 Å². The van der Waals surface area contributed by atoms with Crippen molar-refractivity contribution in [3.05, 3.63) is 73.7 Å². The minimum atomic E-state index is -4.80. The molecule has 3 aromatic heterocycles. The first-order chi connectivity index (χ1) is 17.1. The molecule has 188 valence electrons. The molecule has 1 amide bonds. The van der Waals surface area contributed by atoms with Gasteiger partial charge in [0.1, 0.15) is 16.3 Å². The average Bonchev–Trinajstić information content (AvgIpc) is 3.26. The molecule has 0 saturated heterocycles. The molecule has 1 aromatic carbocycles. The zero-order valence-electron chi connectivity index (χ0n) is 18.6. The van der Waals surface area contributed by atoms with Crippen molar-refractivity contribution < 1.29 is 32.2 Å². The van der Waals surface area contributed by atoms with E-state index in [1.807, 2.05) is 0 Å².